The summed E-state index contributed by atoms with van der Waals surface area (Å²) < 4.78 is 5.31. The zero-order valence-corrected chi connectivity index (χ0v) is 15.9. The van der Waals surface area contributed by atoms with E-state index in [1.54, 1.807) is 0 Å². The minimum atomic E-state index is -0.497. The van der Waals surface area contributed by atoms with Gasteiger partial charge in [0.05, 0.1) is 0 Å². The van der Waals surface area contributed by atoms with Crippen molar-refractivity contribution in [2.45, 2.75) is 73.1 Å². The van der Waals surface area contributed by atoms with E-state index in [-0.39, 0.29) is 5.54 Å². The van der Waals surface area contributed by atoms with E-state index in [0.29, 0.717) is 0 Å². The lowest BCUT2D eigenvalue weighted by atomic mass is 10.0. The molecule has 1 aromatic rings. The van der Waals surface area contributed by atoms with Gasteiger partial charge >= 0.3 is 6.09 Å². The van der Waals surface area contributed by atoms with E-state index in [9.17, 15) is 4.79 Å². The molecule has 4 heteroatoms. The zero-order chi connectivity index (χ0) is 17.8. The second-order valence-electron chi connectivity index (χ2n) is 7.95. The van der Waals surface area contributed by atoms with Crippen molar-refractivity contribution >= 4 is 11.8 Å². The summed E-state index contributed by atoms with van der Waals surface area (Å²) in [7, 11) is 0. The summed E-state index contributed by atoms with van der Waals surface area (Å²) in [6.45, 7) is 18.3. The molecular formula is C19H32N2O2. The lowest BCUT2D eigenvalue weighted by Crippen LogP contribution is -2.40. The highest BCUT2D eigenvalue weighted by molar-refractivity contribution is 5.85. The number of anilines is 1. The molecule has 0 bridgehead atoms. The first kappa shape index (κ1) is 19.5. The number of aryl methyl sites for hydroxylation is 1. The fourth-order valence-corrected chi connectivity index (χ4v) is 2.37. The minimum Gasteiger partial charge on any atom is -0.444 e. The van der Waals surface area contributed by atoms with Crippen LogP contribution in [0, 0.1) is 6.92 Å². The van der Waals surface area contributed by atoms with Crippen LogP contribution in [0.5, 0.6) is 0 Å². The molecule has 0 unspecified atom stereocenters. The Morgan fingerprint density at radius 1 is 1.17 bits per heavy atom. The van der Waals surface area contributed by atoms with Gasteiger partial charge in [-0.1, -0.05) is 13.0 Å². The predicted molar refractivity (Wildman–Crippen MR) is 96.9 cm³/mol. The van der Waals surface area contributed by atoms with Crippen LogP contribution in [0.2, 0.25) is 0 Å². The minimum absolute atomic E-state index is 0.107. The molecule has 0 radical (unpaired) electrons. The van der Waals surface area contributed by atoms with Crippen LogP contribution in [-0.4, -0.2) is 28.7 Å². The number of rotatable bonds is 4. The number of nitrogens with zero attached hydrogens (tertiary/aromatic N) is 1. The van der Waals surface area contributed by atoms with Gasteiger partial charge in [-0.05, 0) is 78.3 Å². The third-order valence-electron chi connectivity index (χ3n) is 3.69. The normalized spacial score (nSPS) is 12.4. The van der Waals surface area contributed by atoms with Gasteiger partial charge in [-0.25, -0.2) is 4.79 Å². The van der Waals surface area contributed by atoms with Crippen LogP contribution < -0.4 is 5.32 Å². The van der Waals surface area contributed by atoms with Crippen LogP contribution >= 0.6 is 0 Å². The van der Waals surface area contributed by atoms with Crippen molar-refractivity contribution in [1.29, 1.82) is 0 Å². The number of hydrogen-bond acceptors (Lipinski definition) is 3. The van der Waals surface area contributed by atoms with Crippen molar-refractivity contribution in [3.05, 3.63) is 29.3 Å². The van der Waals surface area contributed by atoms with Crippen LogP contribution in [-0.2, 0) is 11.3 Å². The van der Waals surface area contributed by atoms with Crippen molar-refractivity contribution in [2.75, 3.05) is 11.9 Å². The summed E-state index contributed by atoms with van der Waals surface area (Å²) in [6.07, 6.45) is -0.421. The van der Waals surface area contributed by atoms with Gasteiger partial charge in [-0.2, -0.15) is 0 Å². The summed E-state index contributed by atoms with van der Waals surface area (Å²) in [5, 5.41) is 2.82. The first-order valence-electron chi connectivity index (χ1n) is 8.27. The Kier molecular flexibility index (Phi) is 6.23. The molecule has 23 heavy (non-hydrogen) atoms. The van der Waals surface area contributed by atoms with Gasteiger partial charge < -0.3 is 4.74 Å². The average molecular weight is 320 g/mol. The molecular weight excluding hydrogens is 288 g/mol. The van der Waals surface area contributed by atoms with Crippen LogP contribution in [0.15, 0.2) is 18.2 Å². The Labute approximate surface area is 141 Å². The molecule has 0 aromatic heterocycles. The Balaban J connectivity index is 2.89. The second-order valence-corrected chi connectivity index (χ2v) is 7.95. The molecule has 0 spiro atoms. The van der Waals surface area contributed by atoms with E-state index in [1.165, 1.54) is 11.1 Å². The number of amides is 1. The van der Waals surface area contributed by atoms with E-state index in [2.05, 4.69) is 44.8 Å². The highest BCUT2D eigenvalue weighted by atomic mass is 16.6. The highest BCUT2D eigenvalue weighted by Gasteiger charge is 2.21. The summed E-state index contributed by atoms with van der Waals surface area (Å²) in [4.78, 5) is 14.3. The second kappa shape index (κ2) is 7.35. The smallest absolute Gasteiger partial charge is 0.412 e. The first-order valence-corrected chi connectivity index (χ1v) is 8.27. The quantitative estimate of drug-likeness (QED) is 0.852. The number of hydrogen-bond donors (Lipinski definition) is 1. The molecule has 0 aliphatic rings. The van der Waals surface area contributed by atoms with Crippen LogP contribution in [0.25, 0.3) is 0 Å². The SMILES string of the molecule is CCN(Cc1cc(NC(=O)OC(C)(C)C)ccc1C)C(C)(C)C. The Morgan fingerprint density at radius 3 is 2.26 bits per heavy atom. The van der Waals surface area contributed by atoms with Crippen molar-refractivity contribution in [3.8, 4) is 0 Å². The Bertz CT molecular complexity index is 539. The molecule has 1 amide bonds. The molecule has 130 valence electrons. The Morgan fingerprint density at radius 2 is 1.78 bits per heavy atom. The molecule has 4 nitrogen and oxygen atoms in total. The van der Waals surface area contributed by atoms with Gasteiger partial charge in [0.2, 0.25) is 0 Å². The molecule has 1 rings (SSSR count). The molecule has 1 aromatic carbocycles. The van der Waals surface area contributed by atoms with Crippen molar-refractivity contribution in [3.63, 3.8) is 0 Å². The zero-order valence-electron chi connectivity index (χ0n) is 15.9. The Hall–Kier alpha value is -1.55. The van der Waals surface area contributed by atoms with Gasteiger partial charge in [-0.3, -0.25) is 10.2 Å². The van der Waals surface area contributed by atoms with E-state index < -0.39 is 11.7 Å². The van der Waals surface area contributed by atoms with Crippen molar-refractivity contribution in [1.82, 2.24) is 4.90 Å². The molecule has 0 atom stereocenters. The largest absolute Gasteiger partial charge is 0.444 e. The van der Waals surface area contributed by atoms with Gasteiger partial charge in [-0.15, -0.1) is 0 Å². The lowest BCUT2D eigenvalue weighted by Gasteiger charge is -2.35. The third kappa shape index (κ3) is 6.61. The monoisotopic (exact) mass is 320 g/mol. The van der Waals surface area contributed by atoms with Crippen molar-refractivity contribution in [2.24, 2.45) is 0 Å². The summed E-state index contributed by atoms with van der Waals surface area (Å²) in [5.41, 5.74) is 2.82. The predicted octanol–water partition coefficient (Wildman–Crippen LogP) is 4.96. The molecule has 0 aliphatic carbocycles. The maximum absolute atomic E-state index is 11.9. The summed E-state index contributed by atoms with van der Waals surface area (Å²) in [6, 6.07) is 5.99. The van der Waals surface area contributed by atoms with E-state index in [0.717, 1.165) is 18.8 Å². The molecule has 1 N–H and O–H groups in total. The van der Waals surface area contributed by atoms with E-state index in [4.69, 9.17) is 4.74 Å². The maximum atomic E-state index is 11.9. The van der Waals surface area contributed by atoms with Gasteiger partial charge in [0.25, 0.3) is 0 Å². The van der Waals surface area contributed by atoms with E-state index in [1.807, 2.05) is 39.0 Å². The number of benzene rings is 1. The molecule has 0 saturated carbocycles. The fraction of sp³-hybridized carbons (Fsp3) is 0.632. The van der Waals surface area contributed by atoms with Crippen LogP contribution in [0.4, 0.5) is 10.5 Å². The number of carbonyl (C=O) groups excluding carboxylic acids is 1. The maximum Gasteiger partial charge on any atom is 0.412 e. The van der Waals surface area contributed by atoms with Crippen LogP contribution in [0.3, 0.4) is 0 Å². The topological polar surface area (TPSA) is 41.6 Å². The molecule has 0 heterocycles. The molecule has 0 saturated heterocycles. The average Bonchev–Trinajstić information content (AvgIpc) is 2.35. The van der Waals surface area contributed by atoms with Crippen molar-refractivity contribution < 1.29 is 9.53 Å². The number of ether oxygens (including phenoxy) is 1. The fourth-order valence-electron chi connectivity index (χ4n) is 2.37. The van der Waals surface area contributed by atoms with Gasteiger partial charge in [0.1, 0.15) is 5.60 Å². The number of carbonyl (C=O) groups is 1. The third-order valence-corrected chi connectivity index (χ3v) is 3.69. The van der Waals surface area contributed by atoms with E-state index >= 15 is 0 Å². The number of nitrogens with one attached hydrogen (secondary N) is 1. The molecule has 0 fully saturated rings. The highest BCUT2D eigenvalue weighted by Crippen LogP contribution is 2.22. The summed E-state index contributed by atoms with van der Waals surface area (Å²) >= 11 is 0. The summed E-state index contributed by atoms with van der Waals surface area (Å²) in [5.74, 6) is 0. The lowest BCUT2D eigenvalue weighted by molar-refractivity contribution is 0.0636. The van der Waals surface area contributed by atoms with Crippen LogP contribution in [0.1, 0.15) is 59.6 Å². The van der Waals surface area contributed by atoms with Gasteiger partial charge in [0.15, 0.2) is 0 Å². The molecule has 0 aliphatic heterocycles. The van der Waals surface area contributed by atoms with Gasteiger partial charge in [0, 0.05) is 17.8 Å². The first-order chi connectivity index (χ1) is 10.4. The standard InChI is InChI=1S/C19H32N2O2/c1-9-21(18(3,4)5)13-15-12-16(11-10-14(15)2)20-17(22)23-19(6,7)8/h10-12H,9,13H2,1-8H3,(H,20,22).